The first-order valence-electron chi connectivity index (χ1n) is 6.29. The van der Waals surface area contributed by atoms with E-state index in [0.29, 0.717) is 6.42 Å². The van der Waals surface area contributed by atoms with Crippen LogP contribution in [0, 0.1) is 13.8 Å². The van der Waals surface area contributed by atoms with Gasteiger partial charge in [-0.25, -0.2) is 0 Å². The van der Waals surface area contributed by atoms with Gasteiger partial charge in [0.15, 0.2) is 0 Å². The third-order valence-electron chi connectivity index (χ3n) is 3.42. The van der Waals surface area contributed by atoms with Gasteiger partial charge in [0.05, 0.1) is 17.3 Å². The lowest BCUT2D eigenvalue weighted by molar-refractivity contribution is 0.0446. The zero-order valence-corrected chi connectivity index (χ0v) is 11.6. The van der Waals surface area contributed by atoms with E-state index in [9.17, 15) is 5.11 Å². The van der Waals surface area contributed by atoms with Gasteiger partial charge in [0, 0.05) is 12.2 Å². The molecule has 0 bridgehead atoms. The normalized spacial score (nSPS) is 16.9. The highest BCUT2D eigenvalue weighted by atomic mass is 16.3. The van der Waals surface area contributed by atoms with Gasteiger partial charge in [-0.2, -0.15) is 5.10 Å². The average molecular weight is 239 g/mol. The van der Waals surface area contributed by atoms with E-state index in [1.54, 1.807) is 6.92 Å². The summed E-state index contributed by atoms with van der Waals surface area (Å²) in [4.78, 5) is 0. The third kappa shape index (κ3) is 3.07. The lowest BCUT2D eigenvalue weighted by Crippen LogP contribution is -2.36. The number of nitrogens with zero attached hydrogens (tertiary/aromatic N) is 2. The Kier molecular flexibility index (Phi) is 4.33. The van der Waals surface area contributed by atoms with E-state index in [-0.39, 0.29) is 12.6 Å². The van der Waals surface area contributed by atoms with Crippen LogP contribution in [-0.4, -0.2) is 27.0 Å². The second kappa shape index (κ2) is 5.19. The molecule has 3 N–H and O–H groups in total. The van der Waals surface area contributed by atoms with Crippen LogP contribution in [0.2, 0.25) is 0 Å². The maximum Gasteiger partial charge on any atom is 0.0761 e. The van der Waals surface area contributed by atoms with Gasteiger partial charge in [0.1, 0.15) is 0 Å². The molecule has 0 amide bonds. The Balaban J connectivity index is 2.93. The molecule has 0 aliphatic heterocycles. The molecule has 0 saturated carbocycles. The second-order valence-corrected chi connectivity index (χ2v) is 5.20. The molecule has 0 aliphatic carbocycles. The molecule has 4 nitrogen and oxygen atoms in total. The van der Waals surface area contributed by atoms with E-state index < -0.39 is 5.60 Å². The lowest BCUT2D eigenvalue weighted by Gasteiger charge is -2.26. The highest BCUT2D eigenvalue weighted by molar-refractivity contribution is 5.24. The first-order chi connectivity index (χ1) is 7.82. The van der Waals surface area contributed by atoms with Crippen molar-refractivity contribution in [1.29, 1.82) is 0 Å². The molecule has 2 atom stereocenters. The SMILES string of the molecule is CCc1c(C)nn(C(C)CC(C)(O)CN)c1C. The van der Waals surface area contributed by atoms with E-state index in [0.717, 1.165) is 12.1 Å². The summed E-state index contributed by atoms with van der Waals surface area (Å²) in [6, 6.07) is 0.160. The van der Waals surface area contributed by atoms with Gasteiger partial charge in [-0.15, -0.1) is 0 Å². The van der Waals surface area contributed by atoms with Gasteiger partial charge in [0.25, 0.3) is 0 Å². The molecule has 0 saturated heterocycles. The van der Waals surface area contributed by atoms with Crippen molar-refractivity contribution in [2.45, 2.75) is 59.1 Å². The third-order valence-corrected chi connectivity index (χ3v) is 3.42. The summed E-state index contributed by atoms with van der Waals surface area (Å²) in [6.07, 6.45) is 1.62. The van der Waals surface area contributed by atoms with E-state index in [2.05, 4.69) is 25.9 Å². The second-order valence-electron chi connectivity index (χ2n) is 5.20. The molecular formula is C13H25N3O. The predicted octanol–water partition coefficient (Wildman–Crippen LogP) is 1.72. The quantitative estimate of drug-likeness (QED) is 0.822. The zero-order chi connectivity index (χ0) is 13.2. The smallest absolute Gasteiger partial charge is 0.0761 e. The van der Waals surface area contributed by atoms with Crippen LogP contribution in [0.25, 0.3) is 0 Å². The molecule has 4 heteroatoms. The van der Waals surface area contributed by atoms with Crippen molar-refractivity contribution in [3.05, 3.63) is 17.0 Å². The zero-order valence-electron chi connectivity index (χ0n) is 11.6. The van der Waals surface area contributed by atoms with E-state index in [1.807, 2.05) is 11.6 Å². The summed E-state index contributed by atoms with van der Waals surface area (Å²) < 4.78 is 2.01. The maximum atomic E-state index is 10.0. The minimum atomic E-state index is -0.821. The molecule has 0 aromatic carbocycles. The maximum absolute atomic E-state index is 10.0. The minimum Gasteiger partial charge on any atom is -0.389 e. The van der Waals surface area contributed by atoms with E-state index in [1.165, 1.54) is 11.3 Å². The van der Waals surface area contributed by atoms with Crippen molar-refractivity contribution in [2.75, 3.05) is 6.54 Å². The summed E-state index contributed by atoms with van der Waals surface area (Å²) in [7, 11) is 0. The Bertz CT molecular complexity index is 382. The fourth-order valence-electron chi connectivity index (χ4n) is 2.44. The van der Waals surface area contributed by atoms with Crippen LogP contribution in [-0.2, 0) is 6.42 Å². The lowest BCUT2D eigenvalue weighted by atomic mass is 9.98. The van der Waals surface area contributed by atoms with Crippen LogP contribution in [0.1, 0.15) is 50.2 Å². The number of hydrogen-bond acceptors (Lipinski definition) is 3. The fraction of sp³-hybridized carbons (Fsp3) is 0.769. The number of hydrogen-bond donors (Lipinski definition) is 2. The molecule has 1 rings (SSSR count). The largest absolute Gasteiger partial charge is 0.389 e. The molecule has 1 aromatic rings. The van der Waals surface area contributed by atoms with Crippen molar-refractivity contribution in [1.82, 2.24) is 9.78 Å². The van der Waals surface area contributed by atoms with Gasteiger partial charge in [-0.1, -0.05) is 6.92 Å². The van der Waals surface area contributed by atoms with Gasteiger partial charge in [-0.3, -0.25) is 4.68 Å². The van der Waals surface area contributed by atoms with Crippen molar-refractivity contribution in [3.63, 3.8) is 0 Å². The monoisotopic (exact) mass is 239 g/mol. The summed E-state index contributed by atoms with van der Waals surface area (Å²) >= 11 is 0. The van der Waals surface area contributed by atoms with Crippen molar-refractivity contribution < 1.29 is 5.11 Å². The number of nitrogens with two attached hydrogens (primary N) is 1. The van der Waals surface area contributed by atoms with Gasteiger partial charge in [0.2, 0.25) is 0 Å². The van der Waals surface area contributed by atoms with Crippen LogP contribution in [0.15, 0.2) is 0 Å². The van der Waals surface area contributed by atoms with Gasteiger partial charge in [-0.05, 0) is 46.1 Å². The molecule has 98 valence electrons. The van der Waals surface area contributed by atoms with Crippen LogP contribution >= 0.6 is 0 Å². The molecule has 17 heavy (non-hydrogen) atoms. The Morgan fingerprint density at radius 2 is 2.06 bits per heavy atom. The predicted molar refractivity (Wildman–Crippen MR) is 70.1 cm³/mol. The Hall–Kier alpha value is -0.870. The Morgan fingerprint density at radius 1 is 1.47 bits per heavy atom. The van der Waals surface area contributed by atoms with E-state index >= 15 is 0 Å². The molecule has 0 fully saturated rings. The highest BCUT2D eigenvalue weighted by Gasteiger charge is 2.24. The standard InChI is InChI=1S/C13H25N3O/c1-6-12-10(3)15-16(11(12)4)9(2)7-13(5,17)8-14/h9,17H,6-8,14H2,1-5H3. The first-order valence-corrected chi connectivity index (χ1v) is 6.29. The molecule has 0 radical (unpaired) electrons. The highest BCUT2D eigenvalue weighted by Crippen LogP contribution is 2.24. The summed E-state index contributed by atoms with van der Waals surface area (Å²) in [5.41, 5.74) is 8.33. The molecule has 0 spiro atoms. The van der Waals surface area contributed by atoms with Crippen LogP contribution in [0.3, 0.4) is 0 Å². The van der Waals surface area contributed by atoms with Gasteiger partial charge >= 0.3 is 0 Å². The Morgan fingerprint density at radius 3 is 2.47 bits per heavy atom. The van der Waals surface area contributed by atoms with Crippen LogP contribution in [0.5, 0.6) is 0 Å². The number of aromatic nitrogens is 2. The first kappa shape index (κ1) is 14.2. The fourth-order valence-corrected chi connectivity index (χ4v) is 2.44. The average Bonchev–Trinajstić information content (AvgIpc) is 2.53. The van der Waals surface area contributed by atoms with Gasteiger partial charge < -0.3 is 10.8 Å². The topological polar surface area (TPSA) is 64.1 Å². The van der Waals surface area contributed by atoms with Crippen molar-refractivity contribution in [3.8, 4) is 0 Å². The number of rotatable bonds is 5. The van der Waals surface area contributed by atoms with Crippen molar-refractivity contribution in [2.24, 2.45) is 5.73 Å². The minimum absolute atomic E-state index is 0.160. The molecule has 2 unspecified atom stereocenters. The van der Waals surface area contributed by atoms with Crippen LogP contribution in [0.4, 0.5) is 0 Å². The summed E-state index contributed by atoms with van der Waals surface area (Å²) in [6.45, 7) is 10.4. The summed E-state index contributed by atoms with van der Waals surface area (Å²) in [5, 5.41) is 14.6. The number of aliphatic hydroxyl groups is 1. The Labute approximate surface area is 104 Å². The molecule has 1 aromatic heterocycles. The molecule has 1 heterocycles. The van der Waals surface area contributed by atoms with Crippen molar-refractivity contribution >= 4 is 0 Å². The molecular weight excluding hydrogens is 214 g/mol. The van der Waals surface area contributed by atoms with E-state index in [4.69, 9.17) is 5.73 Å². The number of aryl methyl sites for hydroxylation is 1. The molecule has 0 aliphatic rings. The van der Waals surface area contributed by atoms with Crippen LogP contribution < -0.4 is 5.73 Å². The summed E-state index contributed by atoms with van der Waals surface area (Å²) in [5.74, 6) is 0.